The SMILES string of the molecule is CCC1(C(C)C)NCCc2[nH]cnc21. The highest BCUT2D eigenvalue weighted by Gasteiger charge is 2.39. The molecular weight excluding hydrogens is 174 g/mol. The molecule has 0 aliphatic carbocycles. The molecule has 0 saturated heterocycles. The van der Waals surface area contributed by atoms with Crippen LogP contribution in [-0.2, 0) is 12.0 Å². The Kier molecular flexibility index (Phi) is 2.35. The summed E-state index contributed by atoms with van der Waals surface area (Å²) < 4.78 is 0. The number of imidazole rings is 1. The van der Waals surface area contributed by atoms with Crippen molar-refractivity contribution >= 4 is 0 Å². The molecule has 78 valence electrons. The van der Waals surface area contributed by atoms with Crippen molar-refractivity contribution in [2.75, 3.05) is 6.54 Å². The molecule has 14 heavy (non-hydrogen) atoms. The first-order valence-corrected chi connectivity index (χ1v) is 5.48. The summed E-state index contributed by atoms with van der Waals surface area (Å²) in [6.45, 7) is 7.82. The maximum Gasteiger partial charge on any atom is 0.0926 e. The van der Waals surface area contributed by atoms with E-state index in [1.807, 2.05) is 6.33 Å². The van der Waals surface area contributed by atoms with E-state index in [1.54, 1.807) is 0 Å². The Balaban J connectivity index is 2.47. The van der Waals surface area contributed by atoms with Crippen LogP contribution >= 0.6 is 0 Å². The zero-order valence-corrected chi connectivity index (χ0v) is 9.22. The Morgan fingerprint density at radius 1 is 1.57 bits per heavy atom. The van der Waals surface area contributed by atoms with E-state index < -0.39 is 0 Å². The zero-order valence-electron chi connectivity index (χ0n) is 9.22. The number of nitrogens with one attached hydrogen (secondary N) is 2. The van der Waals surface area contributed by atoms with E-state index in [0.717, 1.165) is 19.4 Å². The van der Waals surface area contributed by atoms with E-state index in [1.165, 1.54) is 11.4 Å². The van der Waals surface area contributed by atoms with Gasteiger partial charge in [-0.1, -0.05) is 20.8 Å². The van der Waals surface area contributed by atoms with Gasteiger partial charge >= 0.3 is 0 Å². The molecule has 1 aromatic heterocycles. The summed E-state index contributed by atoms with van der Waals surface area (Å²) >= 11 is 0. The fourth-order valence-corrected chi connectivity index (χ4v) is 2.57. The fourth-order valence-electron chi connectivity index (χ4n) is 2.57. The normalized spacial score (nSPS) is 26.6. The summed E-state index contributed by atoms with van der Waals surface area (Å²) in [5.41, 5.74) is 2.65. The quantitative estimate of drug-likeness (QED) is 0.752. The average molecular weight is 193 g/mol. The summed E-state index contributed by atoms with van der Waals surface area (Å²) in [5.74, 6) is 0.579. The highest BCUT2D eigenvalue weighted by Crippen LogP contribution is 2.35. The maximum atomic E-state index is 4.48. The van der Waals surface area contributed by atoms with Gasteiger partial charge < -0.3 is 10.3 Å². The second kappa shape index (κ2) is 3.39. The number of aromatic nitrogens is 2. The van der Waals surface area contributed by atoms with Gasteiger partial charge in [0.1, 0.15) is 0 Å². The minimum absolute atomic E-state index is 0.0909. The fraction of sp³-hybridized carbons (Fsp3) is 0.727. The van der Waals surface area contributed by atoms with Crippen LogP contribution in [0.3, 0.4) is 0 Å². The summed E-state index contributed by atoms with van der Waals surface area (Å²) in [5, 5.41) is 3.64. The number of rotatable bonds is 2. The smallest absolute Gasteiger partial charge is 0.0926 e. The van der Waals surface area contributed by atoms with Crippen LogP contribution in [0.25, 0.3) is 0 Å². The van der Waals surface area contributed by atoms with Crippen molar-refractivity contribution < 1.29 is 0 Å². The molecule has 2 N–H and O–H groups in total. The van der Waals surface area contributed by atoms with Gasteiger partial charge in [0.25, 0.3) is 0 Å². The van der Waals surface area contributed by atoms with Gasteiger partial charge in [-0.05, 0) is 12.3 Å². The summed E-state index contributed by atoms with van der Waals surface area (Å²) in [6, 6.07) is 0. The van der Waals surface area contributed by atoms with Crippen LogP contribution in [0, 0.1) is 5.92 Å². The molecule has 1 atom stereocenters. The van der Waals surface area contributed by atoms with Gasteiger partial charge in [0.05, 0.1) is 17.6 Å². The lowest BCUT2D eigenvalue weighted by Gasteiger charge is -2.40. The molecule has 2 rings (SSSR count). The number of hydrogen-bond donors (Lipinski definition) is 2. The number of H-pyrrole nitrogens is 1. The van der Waals surface area contributed by atoms with Crippen LogP contribution < -0.4 is 5.32 Å². The first kappa shape index (κ1) is 9.71. The van der Waals surface area contributed by atoms with Crippen LogP contribution in [-0.4, -0.2) is 16.5 Å². The van der Waals surface area contributed by atoms with Gasteiger partial charge in [-0.2, -0.15) is 0 Å². The van der Waals surface area contributed by atoms with Gasteiger partial charge in [0.2, 0.25) is 0 Å². The van der Waals surface area contributed by atoms with E-state index in [-0.39, 0.29) is 5.54 Å². The number of fused-ring (bicyclic) bond motifs is 1. The third-order valence-electron chi connectivity index (χ3n) is 3.50. The van der Waals surface area contributed by atoms with E-state index in [9.17, 15) is 0 Å². The lowest BCUT2D eigenvalue weighted by atomic mass is 9.78. The topological polar surface area (TPSA) is 40.7 Å². The molecule has 1 unspecified atom stereocenters. The van der Waals surface area contributed by atoms with Gasteiger partial charge in [-0.25, -0.2) is 4.98 Å². The first-order chi connectivity index (χ1) is 6.70. The highest BCUT2D eigenvalue weighted by atomic mass is 15.1. The van der Waals surface area contributed by atoms with Crippen LogP contribution in [0.5, 0.6) is 0 Å². The van der Waals surface area contributed by atoms with Crippen molar-refractivity contribution in [3.8, 4) is 0 Å². The molecule has 0 spiro atoms. The van der Waals surface area contributed by atoms with E-state index >= 15 is 0 Å². The van der Waals surface area contributed by atoms with Gasteiger partial charge in [-0.15, -0.1) is 0 Å². The summed E-state index contributed by atoms with van der Waals surface area (Å²) in [4.78, 5) is 7.73. The minimum atomic E-state index is 0.0909. The number of nitrogens with zero attached hydrogens (tertiary/aromatic N) is 1. The molecule has 3 nitrogen and oxygen atoms in total. The predicted octanol–water partition coefficient (Wildman–Crippen LogP) is 1.82. The molecular formula is C11H19N3. The molecule has 1 aliphatic heterocycles. The molecule has 0 bridgehead atoms. The molecule has 0 aromatic carbocycles. The van der Waals surface area contributed by atoms with Crippen molar-refractivity contribution in [2.24, 2.45) is 5.92 Å². The minimum Gasteiger partial charge on any atom is -0.348 e. The van der Waals surface area contributed by atoms with Gasteiger partial charge in [0.15, 0.2) is 0 Å². The van der Waals surface area contributed by atoms with E-state index in [4.69, 9.17) is 0 Å². The predicted molar refractivity (Wildman–Crippen MR) is 57.1 cm³/mol. The summed E-state index contributed by atoms with van der Waals surface area (Å²) in [7, 11) is 0. The Morgan fingerprint density at radius 2 is 2.36 bits per heavy atom. The van der Waals surface area contributed by atoms with Crippen LogP contribution in [0.15, 0.2) is 6.33 Å². The molecule has 0 amide bonds. The lowest BCUT2D eigenvalue weighted by molar-refractivity contribution is 0.210. The Labute approximate surface area is 85.3 Å². The van der Waals surface area contributed by atoms with Crippen molar-refractivity contribution in [3.05, 3.63) is 17.7 Å². The van der Waals surface area contributed by atoms with Crippen molar-refractivity contribution in [1.29, 1.82) is 0 Å². The third-order valence-corrected chi connectivity index (χ3v) is 3.50. The zero-order chi connectivity index (χ0) is 10.2. The van der Waals surface area contributed by atoms with Crippen LogP contribution in [0.4, 0.5) is 0 Å². The van der Waals surface area contributed by atoms with Crippen LogP contribution in [0.2, 0.25) is 0 Å². The molecule has 2 heterocycles. The molecule has 1 aromatic rings. The van der Waals surface area contributed by atoms with Gasteiger partial charge in [-0.3, -0.25) is 0 Å². The van der Waals surface area contributed by atoms with Crippen molar-refractivity contribution in [3.63, 3.8) is 0 Å². The number of hydrogen-bond acceptors (Lipinski definition) is 2. The maximum absolute atomic E-state index is 4.48. The molecule has 0 fully saturated rings. The molecule has 0 saturated carbocycles. The lowest BCUT2D eigenvalue weighted by Crippen LogP contribution is -2.50. The van der Waals surface area contributed by atoms with Crippen LogP contribution in [0.1, 0.15) is 38.6 Å². The Morgan fingerprint density at radius 3 is 3.00 bits per heavy atom. The first-order valence-electron chi connectivity index (χ1n) is 5.48. The van der Waals surface area contributed by atoms with Crippen molar-refractivity contribution in [1.82, 2.24) is 15.3 Å². The average Bonchev–Trinajstić information content (AvgIpc) is 2.64. The van der Waals surface area contributed by atoms with E-state index in [2.05, 4.69) is 36.1 Å². The molecule has 3 heteroatoms. The Bertz CT molecular complexity index is 316. The van der Waals surface area contributed by atoms with Gasteiger partial charge in [0, 0.05) is 18.7 Å². The monoisotopic (exact) mass is 193 g/mol. The van der Waals surface area contributed by atoms with Crippen molar-refractivity contribution in [2.45, 2.75) is 39.2 Å². The van der Waals surface area contributed by atoms with E-state index in [0.29, 0.717) is 5.92 Å². The summed E-state index contributed by atoms with van der Waals surface area (Å²) in [6.07, 6.45) is 4.00. The second-order valence-electron chi connectivity index (χ2n) is 4.39. The Hall–Kier alpha value is -0.830. The largest absolute Gasteiger partial charge is 0.348 e. The number of aromatic amines is 1. The third kappa shape index (κ3) is 1.19. The second-order valence-corrected chi connectivity index (χ2v) is 4.39. The standard InChI is InChI=1S/C11H19N3/c1-4-11(8(2)3)10-9(5-6-14-11)12-7-13-10/h7-8,14H,4-6H2,1-3H3,(H,12,13). The highest BCUT2D eigenvalue weighted by molar-refractivity contribution is 5.25. The molecule has 0 radical (unpaired) electrons. The molecule has 1 aliphatic rings.